The summed E-state index contributed by atoms with van der Waals surface area (Å²) in [7, 11) is 0. The molecule has 0 amide bonds. The molecule has 1 unspecified atom stereocenters. The molecule has 1 rings (SSSR count). The molecule has 0 aliphatic carbocycles. The Balaban J connectivity index is 2.94. The van der Waals surface area contributed by atoms with Gasteiger partial charge >= 0.3 is 0 Å². The quantitative estimate of drug-likeness (QED) is 0.644. The number of rotatable bonds is 4. The van der Waals surface area contributed by atoms with Gasteiger partial charge in [0.1, 0.15) is 6.61 Å². The highest BCUT2D eigenvalue weighted by atomic mass is 19.2. The molecule has 16 heavy (non-hydrogen) atoms. The van der Waals surface area contributed by atoms with Crippen molar-refractivity contribution in [3.63, 3.8) is 0 Å². The summed E-state index contributed by atoms with van der Waals surface area (Å²) in [6.45, 7) is 1.18. The maximum Gasteiger partial charge on any atom is 0.203 e. The first-order valence-corrected chi connectivity index (χ1v) is 4.61. The van der Waals surface area contributed by atoms with E-state index in [9.17, 15) is 17.6 Å². The van der Waals surface area contributed by atoms with E-state index < -0.39 is 41.7 Å². The maximum atomic E-state index is 13.0. The second kappa shape index (κ2) is 5.16. The summed E-state index contributed by atoms with van der Waals surface area (Å²) in [5, 5.41) is 9.08. The first-order valence-electron chi connectivity index (χ1n) is 4.61. The molecule has 2 nitrogen and oxygen atoms in total. The van der Waals surface area contributed by atoms with Crippen LogP contribution in [0.25, 0.3) is 0 Å². The third-order valence-electron chi connectivity index (χ3n) is 1.96. The molecule has 0 saturated heterocycles. The van der Waals surface area contributed by atoms with Crippen molar-refractivity contribution in [2.75, 3.05) is 6.61 Å². The van der Waals surface area contributed by atoms with Crippen LogP contribution >= 0.6 is 0 Å². The van der Waals surface area contributed by atoms with E-state index in [0.717, 1.165) is 0 Å². The number of hydrogen-bond acceptors (Lipinski definition) is 2. The van der Waals surface area contributed by atoms with Crippen LogP contribution in [-0.4, -0.2) is 17.8 Å². The van der Waals surface area contributed by atoms with Gasteiger partial charge < -0.3 is 9.84 Å². The SMILES string of the molecule is CCC(O)COc1c(F)c(F)cc(F)c1F. The lowest BCUT2D eigenvalue weighted by Gasteiger charge is -2.12. The zero-order valence-corrected chi connectivity index (χ0v) is 8.44. The van der Waals surface area contributed by atoms with Gasteiger partial charge in [-0.2, -0.15) is 8.78 Å². The molecule has 1 atom stereocenters. The Labute approximate surface area is 89.5 Å². The Morgan fingerprint density at radius 2 is 1.69 bits per heavy atom. The summed E-state index contributed by atoms with van der Waals surface area (Å²) in [6, 6.07) is 0.0910. The van der Waals surface area contributed by atoms with Gasteiger partial charge in [-0.3, -0.25) is 0 Å². The van der Waals surface area contributed by atoms with Gasteiger partial charge in [-0.05, 0) is 6.42 Å². The van der Waals surface area contributed by atoms with Crippen LogP contribution < -0.4 is 4.74 Å². The van der Waals surface area contributed by atoms with Crippen molar-refractivity contribution < 1.29 is 27.4 Å². The molecule has 0 aliphatic heterocycles. The number of aliphatic hydroxyl groups is 1. The van der Waals surface area contributed by atoms with Crippen LogP contribution in [0.5, 0.6) is 5.75 Å². The fourth-order valence-corrected chi connectivity index (χ4v) is 0.975. The summed E-state index contributed by atoms with van der Waals surface area (Å²) in [5.41, 5.74) is 0. The summed E-state index contributed by atoms with van der Waals surface area (Å²) >= 11 is 0. The third-order valence-corrected chi connectivity index (χ3v) is 1.96. The number of ether oxygens (including phenoxy) is 1. The molecule has 0 aliphatic rings. The molecular weight excluding hydrogens is 228 g/mol. The Hall–Kier alpha value is -1.30. The molecule has 1 N–H and O–H groups in total. The molecule has 0 bridgehead atoms. The van der Waals surface area contributed by atoms with E-state index in [1.807, 2.05) is 0 Å². The van der Waals surface area contributed by atoms with E-state index in [1.165, 1.54) is 0 Å². The van der Waals surface area contributed by atoms with Gasteiger partial charge in [-0.25, -0.2) is 8.78 Å². The molecule has 0 radical (unpaired) electrons. The summed E-state index contributed by atoms with van der Waals surface area (Å²) in [6.07, 6.45) is -0.661. The molecule has 0 heterocycles. The van der Waals surface area contributed by atoms with Crippen LogP contribution in [-0.2, 0) is 0 Å². The third kappa shape index (κ3) is 2.63. The smallest absolute Gasteiger partial charge is 0.203 e. The van der Waals surface area contributed by atoms with E-state index in [0.29, 0.717) is 6.42 Å². The number of benzene rings is 1. The minimum absolute atomic E-state index is 0.0910. The van der Waals surface area contributed by atoms with Crippen molar-refractivity contribution in [2.45, 2.75) is 19.4 Å². The summed E-state index contributed by atoms with van der Waals surface area (Å²) in [4.78, 5) is 0. The first-order chi connectivity index (χ1) is 7.47. The van der Waals surface area contributed by atoms with Gasteiger partial charge in [0, 0.05) is 6.07 Å². The first kappa shape index (κ1) is 12.8. The standard InChI is InChI=1S/C10H10F4O2/c1-2-5(15)4-16-10-8(13)6(11)3-7(12)9(10)14/h3,5,15H,2,4H2,1H3. The summed E-state index contributed by atoms with van der Waals surface area (Å²) in [5.74, 6) is -7.45. The normalized spacial score (nSPS) is 12.6. The number of aliphatic hydroxyl groups excluding tert-OH is 1. The van der Waals surface area contributed by atoms with E-state index in [4.69, 9.17) is 5.11 Å². The molecule has 0 fully saturated rings. The molecule has 0 saturated carbocycles. The predicted octanol–water partition coefficient (Wildman–Crippen LogP) is 2.39. The predicted molar refractivity (Wildman–Crippen MR) is 48.1 cm³/mol. The highest BCUT2D eigenvalue weighted by Gasteiger charge is 2.21. The van der Waals surface area contributed by atoms with E-state index in [2.05, 4.69) is 4.74 Å². The molecule has 0 spiro atoms. The molecule has 6 heteroatoms. The van der Waals surface area contributed by atoms with Crippen molar-refractivity contribution in [3.8, 4) is 5.75 Å². The monoisotopic (exact) mass is 238 g/mol. The molecule has 90 valence electrons. The van der Waals surface area contributed by atoms with Gasteiger partial charge in [0.05, 0.1) is 6.10 Å². The van der Waals surface area contributed by atoms with Crippen LogP contribution in [0.4, 0.5) is 17.6 Å². The van der Waals surface area contributed by atoms with Crippen molar-refractivity contribution in [3.05, 3.63) is 29.3 Å². The largest absolute Gasteiger partial charge is 0.485 e. The van der Waals surface area contributed by atoms with Crippen LogP contribution in [0.2, 0.25) is 0 Å². The average Bonchev–Trinajstić information content (AvgIpc) is 2.26. The fourth-order valence-electron chi connectivity index (χ4n) is 0.975. The highest BCUT2D eigenvalue weighted by Crippen LogP contribution is 2.26. The van der Waals surface area contributed by atoms with Crippen LogP contribution in [0.1, 0.15) is 13.3 Å². The Morgan fingerprint density at radius 1 is 1.19 bits per heavy atom. The second-order valence-electron chi connectivity index (χ2n) is 3.17. The van der Waals surface area contributed by atoms with Gasteiger partial charge in [-0.15, -0.1) is 0 Å². The van der Waals surface area contributed by atoms with Crippen LogP contribution in [0, 0.1) is 23.3 Å². The van der Waals surface area contributed by atoms with Gasteiger partial charge in [-0.1, -0.05) is 6.92 Å². The molecule has 1 aromatic rings. The minimum Gasteiger partial charge on any atom is -0.485 e. The topological polar surface area (TPSA) is 29.5 Å². The molecule has 0 aromatic heterocycles. The van der Waals surface area contributed by atoms with Crippen molar-refractivity contribution in [1.82, 2.24) is 0 Å². The average molecular weight is 238 g/mol. The zero-order valence-electron chi connectivity index (χ0n) is 8.44. The molecular formula is C10H10F4O2. The van der Waals surface area contributed by atoms with E-state index >= 15 is 0 Å². The minimum atomic E-state index is -1.61. The summed E-state index contributed by atoms with van der Waals surface area (Å²) < 4.78 is 55.9. The van der Waals surface area contributed by atoms with Crippen LogP contribution in [0.3, 0.4) is 0 Å². The fraction of sp³-hybridized carbons (Fsp3) is 0.400. The Morgan fingerprint density at radius 3 is 2.12 bits per heavy atom. The second-order valence-corrected chi connectivity index (χ2v) is 3.17. The van der Waals surface area contributed by atoms with Crippen molar-refractivity contribution in [2.24, 2.45) is 0 Å². The lowest BCUT2D eigenvalue weighted by molar-refractivity contribution is 0.0982. The molecule has 1 aromatic carbocycles. The van der Waals surface area contributed by atoms with E-state index in [-0.39, 0.29) is 6.07 Å². The lowest BCUT2D eigenvalue weighted by Crippen LogP contribution is -2.17. The lowest BCUT2D eigenvalue weighted by atomic mass is 10.2. The van der Waals surface area contributed by atoms with Gasteiger partial charge in [0.15, 0.2) is 17.4 Å². The van der Waals surface area contributed by atoms with Crippen molar-refractivity contribution >= 4 is 0 Å². The van der Waals surface area contributed by atoms with Gasteiger partial charge in [0.2, 0.25) is 11.6 Å². The number of halogens is 4. The Kier molecular flexibility index (Phi) is 4.12. The van der Waals surface area contributed by atoms with Crippen molar-refractivity contribution in [1.29, 1.82) is 0 Å². The highest BCUT2D eigenvalue weighted by molar-refractivity contribution is 5.28. The zero-order chi connectivity index (χ0) is 12.3. The number of hydrogen-bond donors (Lipinski definition) is 1. The van der Waals surface area contributed by atoms with Gasteiger partial charge in [0.25, 0.3) is 0 Å². The maximum absolute atomic E-state index is 13.0. The Bertz CT molecular complexity index is 355. The van der Waals surface area contributed by atoms with E-state index in [1.54, 1.807) is 6.92 Å². The van der Waals surface area contributed by atoms with Crippen LogP contribution in [0.15, 0.2) is 6.07 Å².